The van der Waals surface area contributed by atoms with Crippen molar-refractivity contribution in [3.63, 3.8) is 0 Å². The van der Waals surface area contributed by atoms with Crippen LogP contribution in [0.4, 0.5) is 28.4 Å². The summed E-state index contributed by atoms with van der Waals surface area (Å²) in [4.78, 5) is 5.15. The van der Waals surface area contributed by atoms with E-state index in [9.17, 15) is 0 Å². The summed E-state index contributed by atoms with van der Waals surface area (Å²) in [6, 6.07) is 54.3. The number of nitrogens with zero attached hydrogens (tertiary/aromatic N) is 2. The van der Waals surface area contributed by atoms with Gasteiger partial charge in [-0.05, 0) is 120 Å². The van der Waals surface area contributed by atoms with Crippen LogP contribution in [-0.2, 0) is 12.8 Å². The van der Waals surface area contributed by atoms with Gasteiger partial charge >= 0.3 is 6.85 Å². The number of anilines is 5. The molecule has 0 spiro atoms. The predicted molar refractivity (Wildman–Crippen MR) is 235 cm³/mol. The fraction of sp³-hybridized carbons (Fsp3) is 0.176. The Bertz CT molecular complexity index is 2710. The van der Waals surface area contributed by atoms with Crippen molar-refractivity contribution in [2.45, 2.75) is 59.3 Å². The van der Waals surface area contributed by atoms with Gasteiger partial charge in [0, 0.05) is 50.1 Å². The number of benzene rings is 7. The number of rotatable bonds is 9. The zero-order valence-electron chi connectivity index (χ0n) is 32.0. The van der Waals surface area contributed by atoms with Crippen molar-refractivity contribution in [3.05, 3.63) is 162 Å². The quantitative estimate of drug-likeness (QED) is 0.139. The van der Waals surface area contributed by atoms with Crippen LogP contribution in [0.1, 0.15) is 56.2 Å². The second-order valence-electron chi connectivity index (χ2n) is 15.4. The van der Waals surface area contributed by atoms with Gasteiger partial charge in [-0.15, -0.1) is 0 Å². The van der Waals surface area contributed by atoms with Crippen molar-refractivity contribution in [1.29, 1.82) is 0 Å². The molecule has 0 saturated heterocycles. The molecule has 0 atom stereocenters. The van der Waals surface area contributed by atoms with E-state index in [1.165, 1.54) is 92.6 Å². The Morgan fingerprint density at radius 1 is 0.527 bits per heavy atom. The molecule has 8 aromatic rings. The van der Waals surface area contributed by atoms with Crippen LogP contribution in [0.2, 0.25) is 0 Å². The minimum Gasteiger partial charge on any atom is -0.456 e. The lowest BCUT2D eigenvalue weighted by molar-refractivity contribution is 0.671. The lowest BCUT2D eigenvalue weighted by Crippen LogP contribution is -2.61. The van der Waals surface area contributed by atoms with Gasteiger partial charge in [-0.3, -0.25) is 0 Å². The van der Waals surface area contributed by atoms with Gasteiger partial charge in [0.05, 0.1) is 5.69 Å². The van der Waals surface area contributed by atoms with Crippen LogP contribution >= 0.6 is 0 Å². The first kappa shape index (κ1) is 33.6. The van der Waals surface area contributed by atoms with Crippen LogP contribution in [0.3, 0.4) is 0 Å². The fourth-order valence-corrected chi connectivity index (χ4v) is 9.23. The molecule has 4 heteroatoms. The maximum Gasteiger partial charge on any atom is 0.336 e. The minimum atomic E-state index is -0.125. The molecule has 10 rings (SSSR count). The van der Waals surface area contributed by atoms with E-state index in [-0.39, 0.29) is 6.85 Å². The zero-order valence-corrected chi connectivity index (χ0v) is 32.0. The SMILES string of the molecule is CCCCc1ccc(N2B3c4c(cc(C)cc4N(c4ccccc4-c4ccccc4)c4ccc5c(oc6ccccc65)c43)-c3cc(CCCC)ccc32)cc1. The molecule has 7 aromatic carbocycles. The Labute approximate surface area is 325 Å². The molecule has 1 aromatic heterocycles. The van der Waals surface area contributed by atoms with E-state index < -0.39 is 0 Å². The van der Waals surface area contributed by atoms with Crippen LogP contribution in [0, 0.1) is 6.92 Å². The Balaban J connectivity index is 1.32. The monoisotopic (exact) mass is 712 g/mol. The molecule has 0 aliphatic carbocycles. The summed E-state index contributed by atoms with van der Waals surface area (Å²) in [5.74, 6) is 0. The molecule has 3 heterocycles. The van der Waals surface area contributed by atoms with Gasteiger partial charge in [0.2, 0.25) is 0 Å². The van der Waals surface area contributed by atoms with Gasteiger partial charge in [0.15, 0.2) is 0 Å². The van der Waals surface area contributed by atoms with Crippen molar-refractivity contribution in [2.75, 3.05) is 9.71 Å². The molecule has 0 N–H and O–H groups in total. The number of para-hydroxylation sites is 2. The smallest absolute Gasteiger partial charge is 0.336 e. The molecule has 0 saturated carbocycles. The van der Waals surface area contributed by atoms with Crippen LogP contribution in [0.15, 0.2) is 150 Å². The molecule has 0 amide bonds. The number of fused-ring (bicyclic) bond motifs is 8. The molecule has 0 unspecified atom stereocenters. The summed E-state index contributed by atoms with van der Waals surface area (Å²) < 4.78 is 7.03. The topological polar surface area (TPSA) is 19.6 Å². The van der Waals surface area contributed by atoms with E-state index >= 15 is 0 Å². The Hall–Kier alpha value is -6.00. The summed E-state index contributed by atoms with van der Waals surface area (Å²) in [5.41, 5.74) is 19.4. The lowest BCUT2D eigenvalue weighted by atomic mass is 9.43. The standard InChI is InChI=1S/C51H45BN2O/c1-4-6-15-35-23-26-38(27-24-35)54-45-29-25-36(16-7-5-2)33-42(45)43-31-34(3)32-47-49(43)52(54)50-46(30-28-41-40-20-12-14-22-48(40)55-51(41)50)53(47)44-21-13-11-19-39(44)37-17-9-8-10-18-37/h8-14,17-33H,4-7,15-16H2,1-3H3. The maximum absolute atomic E-state index is 7.03. The van der Waals surface area contributed by atoms with Gasteiger partial charge < -0.3 is 14.1 Å². The summed E-state index contributed by atoms with van der Waals surface area (Å²) >= 11 is 0. The average Bonchev–Trinajstić information content (AvgIpc) is 3.61. The van der Waals surface area contributed by atoms with E-state index in [4.69, 9.17) is 4.42 Å². The maximum atomic E-state index is 7.03. The largest absolute Gasteiger partial charge is 0.456 e. The molecule has 55 heavy (non-hydrogen) atoms. The molecule has 268 valence electrons. The fourth-order valence-electron chi connectivity index (χ4n) is 9.23. The van der Waals surface area contributed by atoms with Crippen LogP contribution in [0.5, 0.6) is 0 Å². The highest BCUT2D eigenvalue weighted by Crippen LogP contribution is 2.50. The third-order valence-corrected chi connectivity index (χ3v) is 11.8. The molecule has 3 nitrogen and oxygen atoms in total. The summed E-state index contributed by atoms with van der Waals surface area (Å²) in [7, 11) is 0. The summed E-state index contributed by atoms with van der Waals surface area (Å²) in [6.45, 7) is 6.68. The summed E-state index contributed by atoms with van der Waals surface area (Å²) in [6.07, 6.45) is 6.92. The van der Waals surface area contributed by atoms with Crippen molar-refractivity contribution in [1.82, 2.24) is 0 Å². The number of furan rings is 1. The van der Waals surface area contributed by atoms with Crippen LogP contribution in [-0.4, -0.2) is 6.85 Å². The van der Waals surface area contributed by atoms with Gasteiger partial charge in [0.1, 0.15) is 11.2 Å². The van der Waals surface area contributed by atoms with Gasteiger partial charge in [-0.1, -0.05) is 118 Å². The predicted octanol–water partition coefficient (Wildman–Crippen LogP) is 13.0. The van der Waals surface area contributed by atoms with E-state index in [0.29, 0.717) is 0 Å². The third kappa shape index (κ3) is 5.49. The van der Waals surface area contributed by atoms with Crippen molar-refractivity contribution in [3.8, 4) is 22.3 Å². The number of hydrogen-bond donors (Lipinski definition) is 0. The molecule has 2 aliphatic heterocycles. The lowest BCUT2D eigenvalue weighted by Gasteiger charge is -2.46. The highest BCUT2D eigenvalue weighted by atomic mass is 16.3. The highest BCUT2D eigenvalue weighted by Gasteiger charge is 2.47. The number of aryl methyl sites for hydroxylation is 3. The Morgan fingerprint density at radius 2 is 1.24 bits per heavy atom. The number of hydrogen-bond acceptors (Lipinski definition) is 3. The van der Waals surface area contributed by atoms with Crippen molar-refractivity contribution < 1.29 is 4.42 Å². The third-order valence-electron chi connectivity index (χ3n) is 11.8. The average molecular weight is 713 g/mol. The van der Waals surface area contributed by atoms with Crippen molar-refractivity contribution >= 4 is 68.1 Å². The first-order chi connectivity index (χ1) is 27.1. The van der Waals surface area contributed by atoms with Crippen LogP contribution in [0.25, 0.3) is 44.2 Å². The van der Waals surface area contributed by atoms with Gasteiger partial charge in [-0.2, -0.15) is 0 Å². The van der Waals surface area contributed by atoms with Crippen LogP contribution < -0.4 is 20.6 Å². The second kappa shape index (κ2) is 13.7. The summed E-state index contributed by atoms with van der Waals surface area (Å²) in [5, 5.41) is 2.30. The van der Waals surface area contributed by atoms with E-state index in [1.54, 1.807) is 0 Å². The minimum absolute atomic E-state index is 0.125. The second-order valence-corrected chi connectivity index (χ2v) is 15.4. The molecule has 2 aliphatic rings. The van der Waals surface area contributed by atoms with Gasteiger partial charge in [-0.25, -0.2) is 0 Å². The highest BCUT2D eigenvalue weighted by molar-refractivity contribution is 6.95. The molecule has 0 fully saturated rings. The number of unbranched alkanes of at least 4 members (excludes halogenated alkanes) is 2. The van der Waals surface area contributed by atoms with Crippen molar-refractivity contribution in [2.24, 2.45) is 0 Å². The normalized spacial score (nSPS) is 13.0. The molecular formula is C51H45BN2O. The Kier molecular flexibility index (Phi) is 8.36. The van der Waals surface area contributed by atoms with E-state index in [0.717, 1.165) is 46.2 Å². The molecular weight excluding hydrogens is 667 g/mol. The van der Waals surface area contributed by atoms with E-state index in [1.807, 2.05) is 0 Å². The first-order valence-corrected chi connectivity index (χ1v) is 20.2. The molecule has 0 radical (unpaired) electrons. The Morgan fingerprint density at radius 3 is 2.05 bits per heavy atom. The first-order valence-electron chi connectivity index (χ1n) is 20.2. The molecule has 0 bridgehead atoms. The van der Waals surface area contributed by atoms with E-state index in [2.05, 4.69) is 176 Å². The zero-order chi connectivity index (χ0) is 37.0. The van der Waals surface area contributed by atoms with Gasteiger partial charge in [0.25, 0.3) is 0 Å².